The molecule has 0 radical (unpaired) electrons. The van der Waals surface area contributed by atoms with Gasteiger partial charge in [0.15, 0.2) is 0 Å². The topological polar surface area (TPSA) is 58.6 Å². The number of nitrogens with one attached hydrogen (secondary N) is 1. The highest BCUT2D eigenvalue weighted by Gasteiger charge is 2.24. The SMILES string of the molecule is CC(OCC1CC1)C(=O)Nc1cccc(N2CCCC2=O)c1. The second-order valence-electron chi connectivity index (χ2n) is 6.11. The summed E-state index contributed by atoms with van der Waals surface area (Å²) < 4.78 is 5.57. The Balaban J connectivity index is 1.59. The van der Waals surface area contributed by atoms with Crippen molar-refractivity contribution in [3.63, 3.8) is 0 Å². The van der Waals surface area contributed by atoms with Gasteiger partial charge in [-0.15, -0.1) is 0 Å². The molecule has 1 saturated heterocycles. The van der Waals surface area contributed by atoms with Crippen molar-refractivity contribution in [2.45, 2.75) is 38.7 Å². The zero-order valence-corrected chi connectivity index (χ0v) is 12.9. The molecule has 5 heteroatoms. The molecule has 0 aromatic heterocycles. The number of nitrogens with zero attached hydrogens (tertiary/aromatic N) is 1. The maximum absolute atomic E-state index is 12.1. The molecule has 1 aromatic rings. The molecule has 2 amide bonds. The summed E-state index contributed by atoms with van der Waals surface area (Å²) in [5.74, 6) is 0.634. The van der Waals surface area contributed by atoms with Crippen molar-refractivity contribution >= 4 is 23.2 Å². The molecule has 118 valence electrons. The van der Waals surface area contributed by atoms with Gasteiger partial charge in [0.25, 0.3) is 5.91 Å². The van der Waals surface area contributed by atoms with E-state index in [2.05, 4.69) is 5.32 Å². The van der Waals surface area contributed by atoms with E-state index in [1.165, 1.54) is 12.8 Å². The molecule has 1 N–H and O–H groups in total. The van der Waals surface area contributed by atoms with Crippen molar-refractivity contribution in [2.24, 2.45) is 5.92 Å². The number of carbonyl (C=O) groups is 2. The van der Waals surface area contributed by atoms with Crippen LogP contribution in [-0.4, -0.2) is 31.1 Å². The van der Waals surface area contributed by atoms with Crippen LogP contribution in [0.3, 0.4) is 0 Å². The van der Waals surface area contributed by atoms with Crippen LogP contribution in [-0.2, 0) is 14.3 Å². The van der Waals surface area contributed by atoms with Crippen LogP contribution in [0.1, 0.15) is 32.6 Å². The third-order valence-corrected chi connectivity index (χ3v) is 4.15. The first kappa shape index (κ1) is 15.0. The molecule has 2 fully saturated rings. The number of benzene rings is 1. The summed E-state index contributed by atoms with van der Waals surface area (Å²) in [6.07, 6.45) is 3.45. The number of anilines is 2. The summed E-state index contributed by atoms with van der Waals surface area (Å²) in [6, 6.07) is 7.42. The average Bonchev–Trinajstić information content (AvgIpc) is 3.25. The van der Waals surface area contributed by atoms with Crippen LogP contribution in [0.2, 0.25) is 0 Å². The molecule has 5 nitrogen and oxygen atoms in total. The van der Waals surface area contributed by atoms with E-state index in [1.54, 1.807) is 11.8 Å². The lowest BCUT2D eigenvalue weighted by atomic mass is 10.2. The standard InChI is InChI=1S/C17H22N2O3/c1-12(22-11-13-7-8-13)17(21)18-14-4-2-5-15(10-14)19-9-3-6-16(19)20/h2,4-5,10,12-13H,3,6-9,11H2,1H3,(H,18,21). The van der Waals surface area contributed by atoms with E-state index in [0.717, 1.165) is 18.7 Å². The predicted octanol–water partition coefficient (Wildman–Crippen LogP) is 2.57. The van der Waals surface area contributed by atoms with Gasteiger partial charge in [0.1, 0.15) is 6.10 Å². The van der Waals surface area contributed by atoms with Crippen LogP contribution in [0.5, 0.6) is 0 Å². The molecule has 22 heavy (non-hydrogen) atoms. The molecular formula is C17H22N2O3. The maximum Gasteiger partial charge on any atom is 0.253 e. The van der Waals surface area contributed by atoms with Gasteiger partial charge >= 0.3 is 0 Å². The zero-order chi connectivity index (χ0) is 15.5. The van der Waals surface area contributed by atoms with Gasteiger partial charge in [-0.2, -0.15) is 0 Å². The number of ether oxygens (including phenoxy) is 1. The molecule has 3 rings (SSSR count). The summed E-state index contributed by atoms with van der Waals surface area (Å²) >= 11 is 0. The second-order valence-corrected chi connectivity index (χ2v) is 6.11. The fourth-order valence-electron chi connectivity index (χ4n) is 2.56. The highest BCUT2D eigenvalue weighted by Crippen LogP contribution is 2.29. The summed E-state index contributed by atoms with van der Waals surface area (Å²) in [4.78, 5) is 25.7. The van der Waals surface area contributed by atoms with Crippen LogP contribution in [0, 0.1) is 5.92 Å². The Kier molecular flexibility index (Phi) is 4.43. The first-order valence-electron chi connectivity index (χ1n) is 7.96. The van der Waals surface area contributed by atoms with Crippen molar-refractivity contribution in [2.75, 3.05) is 23.4 Å². The molecule has 1 aliphatic heterocycles. The fourth-order valence-corrected chi connectivity index (χ4v) is 2.56. The molecule has 1 atom stereocenters. The van der Waals surface area contributed by atoms with Gasteiger partial charge in [0.2, 0.25) is 5.91 Å². The summed E-state index contributed by atoms with van der Waals surface area (Å²) in [5, 5.41) is 2.86. The fraction of sp³-hybridized carbons (Fsp3) is 0.529. The lowest BCUT2D eigenvalue weighted by molar-refractivity contribution is -0.126. The minimum absolute atomic E-state index is 0.143. The average molecular weight is 302 g/mol. The van der Waals surface area contributed by atoms with Crippen molar-refractivity contribution in [1.82, 2.24) is 0 Å². The van der Waals surface area contributed by atoms with Crippen molar-refractivity contribution < 1.29 is 14.3 Å². The highest BCUT2D eigenvalue weighted by molar-refractivity contribution is 5.97. The van der Waals surface area contributed by atoms with E-state index in [1.807, 2.05) is 24.3 Å². The normalized spacial score (nSPS) is 19.3. The quantitative estimate of drug-likeness (QED) is 0.878. The minimum atomic E-state index is -0.460. The first-order chi connectivity index (χ1) is 10.6. The highest BCUT2D eigenvalue weighted by atomic mass is 16.5. The molecule has 1 aromatic carbocycles. The Hall–Kier alpha value is -1.88. The Morgan fingerprint density at radius 2 is 2.27 bits per heavy atom. The molecular weight excluding hydrogens is 280 g/mol. The van der Waals surface area contributed by atoms with Gasteiger partial charge in [-0.3, -0.25) is 9.59 Å². The molecule has 0 spiro atoms. The molecule has 1 aliphatic carbocycles. The predicted molar refractivity (Wildman–Crippen MR) is 84.8 cm³/mol. The summed E-state index contributed by atoms with van der Waals surface area (Å²) in [6.45, 7) is 3.18. The molecule has 1 saturated carbocycles. The maximum atomic E-state index is 12.1. The Morgan fingerprint density at radius 1 is 1.45 bits per heavy atom. The Morgan fingerprint density at radius 3 is 2.95 bits per heavy atom. The Bertz CT molecular complexity index is 569. The number of rotatable bonds is 6. The van der Waals surface area contributed by atoms with E-state index in [9.17, 15) is 9.59 Å². The number of hydrogen-bond acceptors (Lipinski definition) is 3. The van der Waals surface area contributed by atoms with E-state index >= 15 is 0 Å². The van der Waals surface area contributed by atoms with E-state index in [4.69, 9.17) is 4.74 Å². The minimum Gasteiger partial charge on any atom is -0.368 e. The van der Waals surface area contributed by atoms with E-state index in [-0.39, 0.29) is 11.8 Å². The number of amides is 2. The third-order valence-electron chi connectivity index (χ3n) is 4.15. The molecule has 1 unspecified atom stereocenters. The number of carbonyl (C=O) groups excluding carboxylic acids is 2. The van der Waals surface area contributed by atoms with Crippen LogP contribution >= 0.6 is 0 Å². The van der Waals surface area contributed by atoms with Gasteiger partial charge in [-0.05, 0) is 50.3 Å². The Labute approximate surface area is 130 Å². The van der Waals surface area contributed by atoms with Gasteiger partial charge in [-0.25, -0.2) is 0 Å². The van der Waals surface area contributed by atoms with Gasteiger partial charge in [0, 0.05) is 24.3 Å². The van der Waals surface area contributed by atoms with Crippen molar-refractivity contribution in [1.29, 1.82) is 0 Å². The second kappa shape index (κ2) is 6.48. The molecule has 2 aliphatic rings. The lowest BCUT2D eigenvalue weighted by Gasteiger charge is -2.18. The number of hydrogen-bond donors (Lipinski definition) is 1. The zero-order valence-electron chi connectivity index (χ0n) is 12.9. The van der Waals surface area contributed by atoms with Crippen LogP contribution < -0.4 is 10.2 Å². The van der Waals surface area contributed by atoms with Crippen molar-refractivity contribution in [3.8, 4) is 0 Å². The van der Waals surface area contributed by atoms with Gasteiger partial charge in [-0.1, -0.05) is 6.07 Å². The van der Waals surface area contributed by atoms with Crippen molar-refractivity contribution in [3.05, 3.63) is 24.3 Å². The summed E-state index contributed by atoms with van der Waals surface area (Å²) in [5.41, 5.74) is 1.54. The van der Waals surface area contributed by atoms with Gasteiger partial charge in [0.05, 0.1) is 6.61 Å². The smallest absolute Gasteiger partial charge is 0.253 e. The molecule has 1 heterocycles. The largest absolute Gasteiger partial charge is 0.368 e. The van der Waals surface area contributed by atoms with Crippen LogP contribution in [0.4, 0.5) is 11.4 Å². The first-order valence-corrected chi connectivity index (χ1v) is 7.96. The lowest BCUT2D eigenvalue weighted by Crippen LogP contribution is -2.28. The monoisotopic (exact) mass is 302 g/mol. The summed E-state index contributed by atoms with van der Waals surface area (Å²) in [7, 11) is 0. The van der Waals surface area contributed by atoms with Gasteiger partial charge < -0.3 is 15.0 Å². The molecule has 0 bridgehead atoms. The van der Waals surface area contributed by atoms with E-state index in [0.29, 0.717) is 24.6 Å². The van der Waals surface area contributed by atoms with Crippen LogP contribution in [0.15, 0.2) is 24.3 Å². The van der Waals surface area contributed by atoms with Crippen LogP contribution in [0.25, 0.3) is 0 Å². The van der Waals surface area contributed by atoms with E-state index < -0.39 is 6.10 Å². The third kappa shape index (κ3) is 3.65.